The van der Waals surface area contributed by atoms with Gasteiger partial charge in [0.2, 0.25) is 5.03 Å². The Hall–Kier alpha value is -3.38. The second kappa shape index (κ2) is 7.59. The van der Waals surface area contributed by atoms with Crippen LogP contribution in [0.25, 0.3) is 11.8 Å². The molecule has 172 valence electrons. The summed E-state index contributed by atoms with van der Waals surface area (Å²) >= 11 is 0. The van der Waals surface area contributed by atoms with Gasteiger partial charge in [-0.3, -0.25) is 9.48 Å². The van der Waals surface area contributed by atoms with E-state index in [1.54, 1.807) is 30.1 Å². The van der Waals surface area contributed by atoms with E-state index < -0.39 is 21.4 Å². The van der Waals surface area contributed by atoms with Crippen LogP contribution in [0.15, 0.2) is 47.3 Å². The Balaban J connectivity index is 1.55. The molecule has 0 amide bonds. The Bertz CT molecular complexity index is 1380. The Morgan fingerprint density at radius 2 is 2.00 bits per heavy atom. The molecule has 12 heteroatoms. The summed E-state index contributed by atoms with van der Waals surface area (Å²) in [5, 5.41) is 11.7. The number of sulfonamides is 1. The first-order valence-electron chi connectivity index (χ1n) is 10.2. The third kappa shape index (κ3) is 3.37. The lowest BCUT2D eigenvalue weighted by Crippen LogP contribution is -2.53. The van der Waals surface area contributed by atoms with Gasteiger partial charge in [0, 0.05) is 20.1 Å². The standard InChI is InChI=1S/C21H21FN6O4S/c1-26-12-19(24-25-26)33(30,31)27-8-7-15-9-18-14(10-21(15,13-27)20(29)32-2)11-23-28(18)17-5-3-16(22)4-6-17/h3-6,9,11-12H,7-8,10,13H2,1-2H3/t21-/m0/s1. The lowest BCUT2D eigenvalue weighted by molar-refractivity contribution is -0.151. The quantitative estimate of drug-likeness (QED) is 0.527. The molecule has 0 N–H and O–H groups in total. The number of hydrogen-bond donors (Lipinski definition) is 0. The minimum absolute atomic E-state index is 0.0778. The summed E-state index contributed by atoms with van der Waals surface area (Å²) in [6.07, 6.45) is 5.42. The smallest absolute Gasteiger partial charge is 0.317 e. The number of fused-ring (bicyclic) bond motifs is 2. The van der Waals surface area contributed by atoms with Gasteiger partial charge in [-0.25, -0.2) is 17.5 Å². The summed E-state index contributed by atoms with van der Waals surface area (Å²) in [6, 6.07) is 5.96. The van der Waals surface area contributed by atoms with Crippen molar-refractivity contribution in [3.05, 3.63) is 59.3 Å². The van der Waals surface area contributed by atoms with Gasteiger partial charge in [-0.15, -0.1) is 5.10 Å². The molecule has 1 aliphatic carbocycles. The third-order valence-electron chi connectivity index (χ3n) is 6.21. The van der Waals surface area contributed by atoms with Crippen LogP contribution in [0, 0.1) is 11.2 Å². The van der Waals surface area contributed by atoms with Gasteiger partial charge in [0.1, 0.15) is 11.2 Å². The molecule has 3 heterocycles. The van der Waals surface area contributed by atoms with Crippen molar-refractivity contribution in [3.63, 3.8) is 0 Å². The van der Waals surface area contributed by atoms with Crippen molar-refractivity contribution in [2.24, 2.45) is 12.5 Å². The average molecular weight is 473 g/mol. The normalized spacial score (nSPS) is 20.6. The van der Waals surface area contributed by atoms with Gasteiger partial charge in [-0.2, -0.15) is 9.40 Å². The van der Waals surface area contributed by atoms with Gasteiger partial charge < -0.3 is 4.74 Å². The molecule has 3 aromatic rings. The van der Waals surface area contributed by atoms with Crippen LogP contribution < -0.4 is 0 Å². The van der Waals surface area contributed by atoms with Crippen molar-refractivity contribution in [2.75, 3.05) is 20.2 Å². The maximum atomic E-state index is 13.4. The molecule has 1 saturated heterocycles. The van der Waals surface area contributed by atoms with Gasteiger partial charge in [0.15, 0.2) is 0 Å². The van der Waals surface area contributed by atoms with Gasteiger partial charge >= 0.3 is 5.97 Å². The number of hydrogen-bond acceptors (Lipinski definition) is 7. The summed E-state index contributed by atoms with van der Waals surface area (Å²) in [6.45, 7) is 0.106. The molecule has 33 heavy (non-hydrogen) atoms. The second-order valence-corrected chi connectivity index (χ2v) is 10.1. The van der Waals surface area contributed by atoms with Crippen LogP contribution in [0.1, 0.15) is 17.7 Å². The number of nitrogens with zero attached hydrogens (tertiary/aromatic N) is 6. The molecular formula is C21H21FN6O4S. The molecule has 2 aliphatic rings. The highest BCUT2D eigenvalue weighted by atomic mass is 32.2. The number of ether oxygens (including phenoxy) is 1. The zero-order chi connectivity index (χ0) is 23.4. The van der Waals surface area contributed by atoms with Crippen molar-refractivity contribution < 1.29 is 22.3 Å². The van der Waals surface area contributed by atoms with Crippen LogP contribution in [0.3, 0.4) is 0 Å². The zero-order valence-electron chi connectivity index (χ0n) is 18.0. The van der Waals surface area contributed by atoms with Crippen molar-refractivity contribution >= 4 is 22.1 Å². The number of rotatable bonds is 4. The summed E-state index contributed by atoms with van der Waals surface area (Å²) in [7, 11) is -1.07. The Morgan fingerprint density at radius 3 is 2.67 bits per heavy atom. The number of carbonyl (C=O) groups excluding carboxylic acids is 1. The topological polar surface area (TPSA) is 112 Å². The van der Waals surface area contributed by atoms with Crippen molar-refractivity contribution in [1.29, 1.82) is 0 Å². The van der Waals surface area contributed by atoms with Crippen LogP contribution in [-0.2, 0) is 33.0 Å². The van der Waals surface area contributed by atoms with Crippen molar-refractivity contribution in [3.8, 4) is 5.69 Å². The number of esters is 1. The fraction of sp³-hybridized carbons (Fsp3) is 0.333. The molecule has 1 atom stereocenters. The number of aryl methyl sites for hydroxylation is 1. The van der Waals surface area contributed by atoms with Gasteiger partial charge in [-0.05, 0) is 54.3 Å². The Morgan fingerprint density at radius 1 is 1.24 bits per heavy atom. The van der Waals surface area contributed by atoms with E-state index in [1.165, 1.54) is 34.4 Å². The molecular weight excluding hydrogens is 451 g/mol. The minimum atomic E-state index is -3.94. The van der Waals surface area contributed by atoms with E-state index in [0.29, 0.717) is 12.1 Å². The summed E-state index contributed by atoms with van der Waals surface area (Å²) in [4.78, 5) is 13.1. The van der Waals surface area contributed by atoms with Gasteiger partial charge in [0.25, 0.3) is 10.0 Å². The molecule has 10 nitrogen and oxygen atoms in total. The van der Waals surface area contributed by atoms with E-state index in [0.717, 1.165) is 16.8 Å². The van der Waals surface area contributed by atoms with Gasteiger partial charge in [0.05, 0.1) is 30.9 Å². The van der Waals surface area contributed by atoms with Crippen molar-refractivity contribution in [1.82, 2.24) is 29.1 Å². The summed E-state index contributed by atoms with van der Waals surface area (Å²) < 4.78 is 49.1. The highest BCUT2D eigenvalue weighted by Gasteiger charge is 2.52. The molecule has 0 saturated carbocycles. The first kappa shape index (κ1) is 21.5. The zero-order valence-corrected chi connectivity index (χ0v) is 18.8. The van der Waals surface area contributed by atoms with E-state index >= 15 is 0 Å². The first-order valence-corrected chi connectivity index (χ1v) is 11.7. The van der Waals surface area contributed by atoms with Gasteiger partial charge in [-0.1, -0.05) is 5.21 Å². The molecule has 0 radical (unpaired) electrons. The maximum Gasteiger partial charge on any atom is 0.317 e. The predicted octanol–water partition coefficient (Wildman–Crippen LogP) is 1.33. The highest BCUT2D eigenvalue weighted by Crippen LogP contribution is 2.46. The maximum absolute atomic E-state index is 13.4. The third-order valence-corrected chi connectivity index (χ3v) is 7.92. The second-order valence-electron chi connectivity index (χ2n) is 8.18. The first-order chi connectivity index (χ1) is 15.7. The van der Waals surface area contributed by atoms with E-state index in [4.69, 9.17) is 4.74 Å². The predicted molar refractivity (Wildman–Crippen MR) is 114 cm³/mol. The Kier molecular flexibility index (Phi) is 4.94. The SMILES string of the molecule is COC(=O)[C@]12Cc3cnn(-c4ccc(F)cc4)c3C=C1CCN(S(=O)(=O)c1cn(C)nn1)C2. The molecule has 1 fully saturated rings. The van der Waals surface area contributed by atoms with Crippen LogP contribution in [-0.4, -0.2) is 63.7 Å². The highest BCUT2D eigenvalue weighted by molar-refractivity contribution is 7.89. The lowest BCUT2D eigenvalue weighted by Gasteiger charge is -2.43. The molecule has 1 aliphatic heterocycles. The minimum Gasteiger partial charge on any atom is -0.468 e. The van der Waals surface area contributed by atoms with E-state index in [1.807, 2.05) is 6.08 Å². The summed E-state index contributed by atoms with van der Waals surface area (Å²) in [5.41, 5.74) is 1.83. The summed E-state index contributed by atoms with van der Waals surface area (Å²) in [5.74, 6) is -0.854. The molecule has 1 aromatic carbocycles. The number of piperidine rings is 1. The van der Waals surface area contributed by atoms with E-state index in [-0.39, 0.29) is 30.4 Å². The molecule has 2 aromatic heterocycles. The number of methoxy groups -OCH3 is 1. The Labute approximate surface area is 189 Å². The number of benzene rings is 1. The monoisotopic (exact) mass is 472 g/mol. The molecule has 0 unspecified atom stereocenters. The fourth-order valence-electron chi connectivity index (χ4n) is 4.55. The van der Waals surface area contributed by atoms with Crippen LogP contribution in [0.4, 0.5) is 4.39 Å². The fourth-order valence-corrected chi connectivity index (χ4v) is 5.96. The molecule has 0 bridgehead atoms. The largest absolute Gasteiger partial charge is 0.468 e. The van der Waals surface area contributed by atoms with E-state index in [2.05, 4.69) is 15.4 Å². The molecule has 5 rings (SSSR count). The van der Waals surface area contributed by atoms with E-state index in [9.17, 15) is 17.6 Å². The number of carbonyl (C=O) groups is 1. The lowest BCUT2D eigenvalue weighted by atomic mass is 9.69. The van der Waals surface area contributed by atoms with Crippen LogP contribution >= 0.6 is 0 Å². The molecule has 0 spiro atoms. The van der Waals surface area contributed by atoms with Crippen molar-refractivity contribution in [2.45, 2.75) is 17.9 Å². The number of halogens is 1. The average Bonchev–Trinajstić information content (AvgIpc) is 3.43. The van der Waals surface area contributed by atoms with Crippen LogP contribution in [0.2, 0.25) is 0 Å². The van der Waals surface area contributed by atoms with Crippen LogP contribution in [0.5, 0.6) is 0 Å². The number of aromatic nitrogens is 5.